The van der Waals surface area contributed by atoms with E-state index in [2.05, 4.69) is 10.6 Å². The van der Waals surface area contributed by atoms with Gasteiger partial charge in [0.2, 0.25) is 5.75 Å². The average molecular weight is 449 g/mol. The molecule has 9 heteroatoms. The summed E-state index contributed by atoms with van der Waals surface area (Å²) in [5.41, 5.74) is 1.24. The molecule has 0 saturated heterocycles. The summed E-state index contributed by atoms with van der Waals surface area (Å²) < 4.78 is 26.9. The lowest BCUT2D eigenvalue weighted by atomic mass is 10.1. The highest BCUT2D eigenvalue weighted by molar-refractivity contribution is 7.80. The molecule has 168 valence electrons. The molecule has 0 heterocycles. The van der Waals surface area contributed by atoms with Crippen molar-refractivity contribution in [2.24, 2.45) is 0 Å². The topological polar surface area (TPSA) is 87.3 Å². The Morgan fingerprint density at radius 3 is 2.10 bits per heavy atom. The molecule has 0 atom stereocenters. The third-order valence-electron chi connectivity index (χ3n) is 4.30. The summed E-state index contributed by atoms with van der Waals surface area (Å²) in [4.78, 5) is 12.6. The smallest absolute Gasteiger partial charge is 0.257 e. The first-order chi connectivity index (χ1) is 15.0. The van der Waals surface area contributed by atoms with E-state index in [4.69, 9.17) is 35.9 Å². The first-order valence-corrected chi connectivity index (χ1v) is 10.1. The number of hydrogen-bond donors (Lipinski definition) is 2. The van der Waals surface area contributed by atoms with E-state index >= 15 is 0 Å². The number of methoxy groups -OCH3 is 4. The molecule has 2 aromatic rings. The van der Waals surface area contributed by atoms with Crippen LogP contribution in [0.3, 0.4) is 0 Å². The Balaban J connectivity index is 2.02. The summed E-state index contributed by atoms with van der Waals surface area (Å²) >= 11 is 5.26. The van der Waals surface area contributed by atoms with Gasteiger partial charge in [-0.1, -0.05) is 13.0 Å². The number of carbonyl (C=O) groups is 1. The van der Waals surface area contributed by atoms with Crippen LogP contribution in [0.25, 0.3) is 0 Å². The number of amides is 1. The van der Waals surface area contributed by atoms with Crippen molar-refractivity contribution in [3.8, 4) is 28.7 Å². The normalized spacial score (nSPS) is 10.1. The summed E-state index contributed by atoms with van der Waals surface area (Å²) in [5, 5.41) is 5.84. The second-order valence-corrected chi connectivity index (χ2v) is 6.79. The van der Waals surface area contributed by atoms with Crippen molar-refractivity contribution in [1.29, 1.82) is 0 Å². The van der Waals surface area contributed by atoms with E-state index in [9.17, 15) is 4.79 Å². The fraction of sp³-hybridized carbons (Fsp3) is 0.364. The van der Waals surface area contributed by atoms with Crippen molar-refractivity contribution < 1.29 is 28.5 Å². The average Bonchev–Trinajstić information content (AvgIpc) is 2.80. The van der Waals surface area contributed by atoms with Gasteiger partial charge in [-0.2, -0.15) is 0 Å². The zero-order valence-electron chi connectivity index (χ0n) is 18.4. The number of benzene rings is 2. The summed E-state index contributed by atoms with van der Waals surface area (Å²) in [5.74, 6) is 2.08. The van der Waals surface area contributed by atoms with Crippen LogP contribution < -0.4 is 34.3 Å². The van der Waals surface area contributed by atoms with Crippen molar-refractivity contribution in [1.82, 2.24) is 10.6 Å². The number of carbonyl (C=O) groups excluding carboxylic acids is 1. The van der Waals surface area contributed by atoms with Gasteiger partial charge < -0.3 is 29.0 Å². The predicted molar refractivity (Wildman–Crippen MR) is 122 cm³/mol. The molecule has 1 amide bonds. The highest BCUT2D eigenvalue weighted by Crippen LogP contribution is 2.38. The molecule has 0 radical (unpaired) electrons. The summed E-state index contributed by atoms with van der Waals surface area (Å²) in [6.45, 7) is 3.06. The van der Waals surface area contributed by atoms with Gasteiger partial charge in [-0.25, -0.2) is 0 Å². The monoisotopic (exact) mass is 448 g/mol. The second kappa shape index (κ2) is 11.8. The fourth-order valence-electron chi connectivity index (χ4n) is 2.77. The molecule has 0 bridgehead atoms. The Morgan fingerprint density at radius 2 is 1.55 bits per heavy atom. The van der Waals surface area contributed by atoms with E-state index in [-0.39, 0.29) is 5.11 Å². The molecule has 2 N–H and O–H groups in total. The number of nitrogens with one attached hydrogen (secondary N) is 2. The Kier molecular flexibility index (Phi) is 9.20. The maximum atomic E-state index is 12.6. The van der Waals surface area contributed by atoms with Gasteiger partial charge >= 0.3 is 0 Å². The molecule has 31 heavy (non-hydrogen) atoms. The van der Waals surface area contributed by atoms with Crippen LogP contribution >= 0.6 is 12.2 Å². The molecule has 0 unspecified atom stereocenters. The molecule has 2 rings (SSSR count). The Morgan fingerprint density at radius 1 is 0.903 bits per heavy atom. The van der Waals surface area contributed by atoms with Crippen molar-refractivity contribution in [2.45, 2.75) is 19.9 Å². The van der Waals surface area contributed by atoms with E-state index in [0.717, 1.165) is 12.0 Å². The minimum atomic E-state index is -0.405. The second-order valence-electron chi connectivity index (χ2n) is 6.38. The lowest BCUT2D eigenvalue weighted by molar-refractivity contribution is 0.0976. The number of ether oxygens (including phenoxy) is 5. The van der Waals surface area contributed by atoms with Crippen LogP contribution in [0.1, 0.15) is 29.3 Å². The van der Waals surface area contributed by atoms with Crippen LogP contribution in [0.2, 0.25) is 0 Å². The first-order valence-electron chi connectivity index (χ1n) is 9.66. The van der Waals surface area contributed by atoms with Crippen LogP contribution in [0, 0.1) is 0 Å². The van der Waals surface area contributed by atoms with Crippen molar-refractivity contribution in [3.63, 3.8) is 0 Å². The van der Waals surface area contributed by atoms with E-state index in [1.165, 1.54) is 21.3 Å². The largest absolute Gasteiger partial charge is 0.493 e. The van der Waals surface area contributed by atoms with Gasteiger partial charge in [0.15, 0.2) is 28.1 Å². The maximum absolute atomic E-state index is 12.6. The number of hydrogen-bond acceptors (Lipinski definition) is 7. The van der Waals surface area contributed by atoms with Crippen LogP contribution in [-0.2, 0) is 6.54 Å². The van der Waals surface area contributed by atoms with Gasteiger partial charge in [-0.05, 0) is 48.5 Å². The lowest BCUT2D eigenvalue weighted by Gasteiger charge is -2.15. The van der Waals surface area contributed by atoms with Crippen molar-refractivity contribution in [2.75, 3.05) is 35.0 Å². The molecule has 0 saturated carbocycles. The summed E-state index contributed by atoms with van der Waals surface area (Å²) in [6, 6.07) is 8.73. The minimum Gasteiger partial charge on any atom is -0.493 e. The first kappa shape index (κ1) is 24.1. The van der Waals surface area contributed by atoms with Gasteiger partial charge in [0, 0.05) is 12.1 Å². The van der Waals surface area contributed by atoms with Gasteiger partial charge in [-0.15, -0.1) is 0 Å². The highest BCUT2D eigenvalue weighted by atomic mass is 32.1. The predicted octanol–water partition coefficient (Wildman–Crippen LogP) is 3.31. The van der Waals surface area contributed by atoms with Crippen molar-refractivity contribution in [3.05, 3.63) is 41.5 Å². The Bertz CT molecular complexity index is 894. The zero-order valence-corrected chi connectivity index (χ0v) is 19.2. The molecule has 0 fully saturated rings. The zero-order chi connectivity index (χ0) is 22.8. The molecule has 2 aromatic carbocycles. The SMILES string of the molecule is CCCOc1ccc(CNC(=S)NC(=O)c2cc(OC)c(OC)c(OC)c2)cc1OC. The van der Waals surface area contributed by atoms with Crippen LogP contribution in [0.5, 0.6) is 28.7 Å². The quantitative estimate of drug-likeness (QED) is 0.536. The third-order valence-corrected chi connectivity index (χ3v) is 4.54. The lowest BCUT2D eigenvalue weighted by Crippen LogP contribution is -2.38. The van der Waals surface area contributed by atoms with Gasteiger partial charge in [0.05, 0.1) is 35.0 Å². The van der Waals surface area contributed by atoms with Gasteiger partial charge in [-0.3, -0.25) is 10.1 Å². The Labute approximate surface area is 187 Å². The highest BCUT2D eigenvalue weighted by Gasteiger charge is 2.17. The van der Waals surface area contributed by atoms with Crippen LogP contribution in [0.4, 0.5) is 0 Å². The summed E-state index contributed by atoms with van der Waals surface area (Å²) in [7, 11) is 6.06. The van der Waals surface area contributed by atoms with Crippen LogP contribution in [0.15, 0.2) is 30.3 Å². The number of thiocarbonyl (C=S) groups is 1. The maximum Gasteiger partial charge on any atom is 0.257 e. The van der Waals surface area contributed by atoms with Crippen LogP contribution in [-0.4, -0.2) is 46.1 Å². The summed E-state index contributed by atoms with van der Waals surface area (Å²) in [6.07, 6.45) is 0.909. The standard InChI is InChI=1S/C22H28N2O6S/c1-6-9-30-16-8-7-14(10-17(16)26-2)13-23-22(31)24-21(25)15-11-18(27-3)20(29-5)19(12-15)28-4/h7-8,10-12H,6,9,13H2,1-5H3,(H2,23,24,25,31). The third kappa shape index (κ3) is 6.39. The molecular weight excluding hydrogens is 420 g/mol. The molecule has 0 aliphatic carbocycles. The molecule has 0 aliphatic heterocycles. The Hall–Kier alpha value is -3.20. The molecule has 0 aromatic heterocycles. The van der Waals surface area contributed by atoms with Crippen molar-refractivity contribution >= 4 is 23.2 Å². The number of rotatable bonds is 10. The molecule has 0 aliphatic rings. The fourth-order valence-corrected chi connectivity index (χ4v) is 2.93. The molecular formula is C22H28N2O6S. The molecule has 8 nitrogen and oxygen atoms in total. The van der Waals surface area contributed by atoms with Gasteiger partial charge in [0.1, 0.15) is 0 Å². The molecule has 0 spiro atoms. The van der Waals surface area contributed by atoms with E-state index in [0.29, 0.717) is 47.5 Å². The van der Waals surface area contributed by atoms with Gasteiger partial charge in [0.25, 0.3) is 5.91 Å². The van der Waals surface area contributed by atoms with E-state index < -0.39 is 5.91 Å². The van der Waals surface area contributed by atoms with E-state index in [1.54, 1.807) is 19.2 Å². The minimum absolute atomic E-state index is 0.184. The van der Waals surface area contributed by atoms with E-state index in [1.807, 2.05) is 25.1 Å².